The standard InChI is InChI=1S/C17H29N3O/c1-3-6-19-7-9-20(10-8-19)13-15-11-17(21-14(15)2)12-18-16-4-5-16/h11,16,18H,3-10,12-13H2,1-2H3. The minimum absolute atomic E-state index is 0.741. The van der Waals surface area contributed by atoms with Gasteiger partial charge in [0.05, 0.1) is 6.54 Å². The van der Waals surface area contributed by atoms with E-state index in [4.69, 9.17) is 4.42 Å². The Balaban J connectivity index is 1.48. The second kappa shape index (κ2) is 6.95. The highest BCUT2D eigenvalue weighted by Crippen LogP contribution is 2.21. The van der Waals surface area contributed by atoms with Crippen molar-refractivity contribution in [3.05, 3.63) is 23.2 Å². The van der Waals surface area contributed by atoms with Gasteiger partial charge < -0.3 is 14.6 Å². The maximum atomic E-state index is 5.89. The van der Waals surface area contributed by atoms with Gasteiger partial charge >= 0.3 is 0 Å². The highest BCUT2D eigenvalue weighted by Gasteiger charge is 2.21. The molecule has 2 fully saturated rings. The molecule has 0 radical (unpaired) electrons. The fourth-order valence-electron chi connectivity index (χ4n) is 3.09. The van der Waals surface area contributed by atoms with Crippen LogP contribution in [0.2, 0.25) is 0 Å². The summed E-state index contributed by atoms with van der Waals surface area (Å²) in [6.45, 7) is 12.3. The lowest BCUT2D eigenvalue weighted by molar-refractivity contribution is 0.127. The summed E-state index contributed by atoms with van der Waals surface area (Å²) in [5.74, 6) is 2.19. The summed E-state index contributed by atoms with van der Waals surface area (Å²) in [5.41, 5.74) is 1.37. The van der Waals surface area contributed by atoms with Crippen LogP contribution in [-0.2, 0) is 13.1 Å². The van der Waals surface area contributed by atoms with Gasteiger partial charge in [-0.3, -0.25) is 4.90 Å². The molecule has 0 spiro atoms. The predicted molar refractivity (Wildman–Crippen MR) is 85.3 cm³/mol. The van der Waals surface area contributed by atoms with Crippen molar-refractivity contribution in [2.75, 3.05) is 32.7 Å². The Kier molecular flexibility index (Phi) is 4.99. The molecular formula is C17H29N3O. The van der Waals surface area contributed by atoms with E-state index in [0.29, 0.717) is 0 Å². The number of piperazine rings is 1. The van der Waals surface area contributed by atoms with E-state index in [-0.39, 0.29) is 0 Å². The van der Waals surface area contributed by atoms with Gasteiger partial charge in [0.25, 0.3) is 0 Å². The van der Waals surface area contributed by atoms with Gasteiger partial charge in [-0.25, -0.2) is 0 Å². The van der Waals surface area contributed by atoms with Crippen molar-refractivity contribution in [2.45, 2.75) is 52.2 Å². The molecule has 2 heterocycles. The SMILES string of the molecule is CCCN1CCN(Cc2cc(CNC3CC3)oc2C)CC1. The smallest absolute Gasteiger partial charge is 0.118 e. The zero-order valence-corrected chi connectivity index (χ0v) is 13.5. The third-order valence-electron chi connectivity index (χ3n) is 4.61. The van der Waals surface area contributed by atoms with Gasteiger partial charge in [0.15, 0.2) is 0 Å². The number of hydrogen-bond acceptors (Lipinski definition) is 4. The largest absolute Gasteiger partial charge is 0.465 e. The Morgan fingerprint density at radius 2 is 1.90 bits per heavy atom. The summed E-state index contributed by atoms with van der Waals surface area (Å²) < 4.78 is 5.89. The molecule has 1 aromatic heterocycles. The molecule has 1 aliphatic heterocycles. The van der Waals surface area contributed by atoms with Crippen LogP contribution in [0, 0.1) is 6.92 Å². The first-order chi connectivity index (χ1) is 10.2. The Morgan fingerprint density at radius 3 is 2.57 bits per heavy atom. The number of furan rings is 1. The minimum Gasteiger partial charge on any atom is -0.465 e. The fourth-order valence-corrected chi connectivity index (χ4v) is 3.09. The average Bonchev–Trinajstić information content (AvgIpc) is 3.24. The van der Waals surface area contributed by atoms with Crippen LogP contribution in [0.15, 0.2) is 10.5 Å². The number of hydrogen-bond donors (Lipinski definition) is 1. The molecule has 1 aliphatic carbocycles. The molecule has 1 N–H and O–H groups in total. The Morgan fingerprint density at radius 1 is 1.19 bits per heavy atom. The van der Waals surface area contributed by atoms with Crippen LogP contribution < -0.4 is 5.32 Å². The molecule has 3 rings (SSSR count). The van der Waals surface area contributed by atoms with Gasteiger partial charge in [0.2, 0.25) is 0 Å². The lowest BCUT2D eigenvalue weighted by Crippen LogP contribution is -2.46. The van der Waals surface area contributed by atoms with Crippen LogP contribution in [0.3, 0.4) is 0 Å². The van der Waals surface area contributed by atoms with E-state index in [0.717, 1.165) is 30.7 Å². The summed E-state index contributed by atoms with van der Waals surface area (Å²) in [7, 11) is 0. The highest BCUT2D eigenvalue weighted by atomic mass is 16.3. The van der Waals surface area contributed by atoms with E-state index >= 15 is 0 Å². The maximum Gasteiger partial charge on any atom is 0.118 e. The summed E-state index contributed by atoms with van der Waals surface area (Å²) in [6.07, 6.45) is 3.92. The average molecular weight is 291 g/mol. The molecule has 4 heteroatoms. The molecule has 0 aromatic carbocycles. The first-order valence-electron chi connectivity index (χ1n) is 8.51. The Labute approximate surface area is 128 Å². The highest BCUT2D eigenvalue weighted by molar-refractivity contribution is 5.21. The van der Waals surface area contributed by atoms with Crippen molar-refractivity contribution in [3.63, 3.8) is 0 Å². The van der Waals surface area contributed by atoms with Crippen molar-refractivity contribution in [1.29, 1.82) is 0 Å². The Hall–Kier alpha value is -0.840. The fraction of sp³-hybridized carbons (Fsp3) is 0.765. The van der Waals surface area contributed by atoms with Crippen LogP contribution in [0.25, 0.3) is 0 Å². The van der Waals surface area contributed by atoms with Gasteiger partial charge in [-0.15, -0.1) is 0 Å². The lowest BCUT2D eigenvalue weighted by Gasteiger charge is -2.34. The van der Waals surface area contributed by atoms with E-state index in [9.17, 15) is 0 Å². The summed E-state index contributed by atoms with van der Waals surface area (Å²) in [4.78, 5) is 5.13. The van der Waals surface area contributed by atoms with Crippen molar-refractivity contribution < 1.29 is 4.42 Å². The molecular weight excluding hydrogens is 262 g/mol. The van der Waals surface area contributed by atoms with Crippen molar-refractivity contribution in [2.24, 2.45) is 0 Å². The van der Waals surface area contributed by atoms with Crippen LogP contribution in [0.4, 0.5) is 0 Å². The first kappa shape index (κ1) is 15.1. The molecule has 0 unspecified atom stereocenters. The van der Waals surface area contributed by atoms with Gasteiger partial charge in [-0.2, -0.15) is 0 Å². The molecule has 1 aromatic rings. The molecule has 2 aliphatic rings. The van der Waals surface area contributed by atoms with Gasteiger partial charge in [-0.05, 0) is 38.8 Å². The zero-order chi connectivity index (χ0) is 14.7. The summed E-state index contributed by atoms with van der Waals surface area (Å²) in [5, 5.41) is 3.52. The van der Waals surface area contributed by atoms with E-state index < -0.39 is 0 Å². The second-order valence-electron chi connectivity index (χ2n) is 6.57. The topological polar surface area (TPSA) is 31.6 Å². The van der Waals surface area contributed by atoms with Crippen molar-refractivity contribution >= 4 is 0 Å². The van der Waals surface area contributed by atoms with Crippen LogP contribution in [0.1, 0.15) is 43.3 Å². The number of nitrogens with zero attached hydrogens (tertiary/aromatic N) is 2. The third kappa shape index (κ3) is 4.31. The van der Waals surface area contributed by atoms with Crippen LogP contribution in [-0.4, -0.2) is 48.6 Å². The monoisotopic (exact) mass is 291 g/mol. The predicted octanol–water partition coefficient (Wildman–Crippen LogP) is 2.37. The molecule has 0 atom stereocenters. The number of aryl methyl sites for hydroxylation is 1. The molecule has 118 valence electrons. The van der Waals surface area contributed by atoms with Gasteiger partial charge in [0, 0.05) is 44.3 Å². The van der Waals surface area contributed by atoms with Crippen molar-refractivity contribution in [1.82, 2.24) is 15.1 Å². The minimum atomic E-state index is 0.741. The molecule has 4 nitrogen and oxygen atoms in total. The Bertz CT molecular complexity index is 445. The normalized spacial score (nSPS) is 21.0. The quantitative estimate of drug-likeness (QED) is 0.836. The van der Waals surface area contributed by atoms with Crippen LogP contribution in [0.5, 0.6) is 0 Å². The molecule has 1 saturated heterocycles. The van der Waals surface area contributed by atoms with E-state index in [2.05, 4.69) is 35.0 Å². The zero-order valence-electron chi connectivity index (χ0n) is 13.5. The van der Waals surface area contributed by atoms with Gasteiger partial charge in [0.1, 0.15) is 11.5 Å². The van der Waals surface area contributed by atoms with E-state index in [1.807, 2.05) is 0 Å². The van der Waals surface area contributed by atoms with Crippen LogP contribution >= 0.6 is 0 Å². The lowest BCUT2D eigenvalue weighted by atomic mass is 10.2. The van der Waals surface area contributed by atoms with E-state index in [1.54, 1.807) is 0 Å². The first-order valence-corrected chi connectivity index (χ1v) is 8.51. The van der Waals surface area contributed by atoms with E-state index in [1.165, 1.54) is 57.5 Å². The second-order valence-corrected chi connectivity index (χ2v) is 6.57. The number of rotatable bonds is 7. The molecule has 21 heavy (non-hydrogen) atoms. The summed E-state index contributed by atoms with van der Waals surface area (Å²) in [6, 6.07) is 2.99. The molecule has 0 bridgehead atoms. The third-order valence-corrected chi connectivity index (χ3v) is 4.61. The van der Waals surface area contributed by atoms with Gasteiger partial charge in [-0.1, -0.05) is 6.92 Å². The molecule has 1 saturated carbocycles. The summed E-state index contributed by atoms with van der Waals surface area (Å²) >= 11 is 0. The van der Waals surface area contributed by atoms with Crippen molar-refractivity contribution in [3.8, 4) is 0 Å². The molecule has 0 amide bonds. The maximum absolute atomic E-state index is 5.89. The number of nitrogens with one attached hydrogen (secondary N) is 1.